The largest absolute Gasteiger partial charge is 0.465 e. The number of likely N-dealkylation sites (tertiary alicyclic amines) is 1. The summed E-state index contributed by atoms with van der Waals surface area (Å²) in [5.41, 5.74) is 0.872. The monoisotopic (exact) mass is 276 g/mol. The number of rotatable bonds is 0. The average Bonchev–Trinajstić information content (AvgIpc) is 2.57. The molecule has 0 aromatic heterocycles. The van der Waals surface area contributed by atoms with Crippen molar-refractivity contribution < 1.29 is 19.8 Å². The van der Waals surface area contributed by atoms with Crippen LogP contribution in [0.2, 0.25) is 0 Å². The fourth-order valence-electron chi connectivity index (χ4n) is 3.39. The highest BCUT2D eigenvalue weighted by atomic mass is 16.4. The van der Waals surface area contributed by atoms with E-state index in [0.29, 0.717) is 0 Å². The van der Waals surface area contributed by atoms with Gasteiger partial charge in [-0.3, -0.25) is 9.80 Å². The molecule has 0 aromatic rings. The summed E-state index contributed by atoms with van der Waals surface area (Å²) in [7, 11) is 0. The summed E-state index contributed by atoms with van der Waals surface area (Å²) in [6.07, 6.45) is 9.30. The Kier molecular flexibility index (Phi) is 3.00. The molecule has 3 unspecified atom stereocenters. The van der Waals surface area contributed by atoms with Gasteiger partial charge in [0, 0.05) is 29.9 Å². The molecule has 106 valence electrons. The maximum absolute atomic E-state index is 11.5. The van der Waals surface area contributed by atoms with Crippen LogP contribution in [-0.4, -0.2) is 38.2 Å². The van der Waals surface area contributed by atoms with E-state index in [1.807, 2.05) is 12.2 Å². The van der Waals surface area contributed by atoms with Crippen molar-refractivity contribution in [2.45, 2.75) is 25.3 Å². The molecule has 6 nitrogen and oxygen atoms in total. The Labute approximate surface area is 116 Å². The zero-order chi connectivity index (χ0) is 14.3. The number of hydrogen-bond donors (Lipinski definition) is 2. The van der Waals surface area contributed by atoms with Gasteiger partial charge in [-0.1, -0.05) is 12.2 Å². The van der Waals surface area contributed by atoms with Gasteiger partial charge in [0.2, 0.25) is 0 Å². The van der Waals surface area contributed by atoms with Gasteiger partial charge < -0.3 is 10.2 Å². The van der Waals surface area contributed by atoms with Gasteiger partial charge in [-0.2, -0.15) is 0 Å². The molecule has 0 bridgehead atoms. The van der Waals surface area contributed by atoms with Crippen molar-refractivity contribution in [3.05, 3.63) is 36.3 Å². The highest BCUT2D eigenvalue weighted by Crippen LogP contribution is 2.45. The first kappa shape index (κ1) is 12.8. The summed E-state index contributed by atoms with van der Waals surface area (Å²) in [5.74, 6) is 0.178. The third kappa shape index (κ3) is 1.88. The molecule has 0 aromatic carbocycles. The number of carboxylic acid groups (broad SMARTS) is 2. The van der Waals surface area contributed by atoms with Gasteiger partial charge in [0.05, 0.1) is 6.04 Å². The fraction of sp³-hybridized carbons (Fsp3) is 0.429. The van der Waals surface area contributed by atoms with Crippen LogP contribution >= 0.6 is 0 Å². The second kappa shape index (κ2) is 4.70. The molecular weight excluding hydrogens is 260 g/mol. The van der Waals surface area contributed by atoms with Crippen LogP contribution in [-0.2, 0) is 0 Å². The number of fused-ring (bicyclic) bond motifs is 3. The Morgan fingerprint density at radius 3 is 2.60 bits per heavy atom. The van der Waals surface area contributed by atoms with Gasteiger partial charge >= 0.3 is 12.2 Å². The van der Waals surface area contributed by atoms with Crippen LogP contribution in [0.25, 0.3) is 0 Å². The van der Waals surface area contributed by atoms with Crippen LogP contribution in [0.3, 0.4) is 0 Å². The van der Waals surface area contributed by atoms with Crippen molar-refractivity contribution in [3.63, 3.8) is 0 Å². The second-order valence-electron chi connectivity index (χ2n) is 5.26. The van der Waals surface area contributed by atoms with Gasteiger partial charge in [-0.05, 0) is 25.3 Å². The topological polar surface area (TPSA) is 81.1 Å². The smallest absolute Gasteiger partial charge is 0.415 e. The summed E-state index contributed by atoms with van der Waals surface area (Å²) in [5, 5.41) is 18.5. The van der Waals surface area contributed by atoms with Crippen LogP contribution in [0.15, 0.2) is 36.3 Å². The van der Waals surface area contributed by atoms with E-state index in [1.165, 1.54) is 17.3 Å². The molecule has 0 radical (unpaired) electrons. The molecule has 20 heavy (non-hydrogen) atoms. The predicted molar refractivity (Wildman–Crippen MR) is 70.7 cm³/mol. The minimum Gasteiger partial charge on any atom is -0.465 e. The van der Waals surface area contributed by atoms with Crippen molar-refractivity contribution in [2.75, 3.05) is 0 Å². The molecule has 3 atom stereocenters. The first-order valence-electron chi connectivity index (χ1n) is 6.69. The Morgan fingerprint density at radius 2 is 1.90 bits per heavy atom. The lowest BCUT2D eigenvalue weighted by Gasteiger charge is -2.23. The Balaban J connectivity index is 2.00. The van der Waals surface area contributed by atoms with E-state index in [9.17, 15) is 14.7 Å². The van der Waals surface area contributed by atoms with E-state index in [1.54, 1.807) is 6.08 Å². The molecular formula is C14H16N2O4. The normalized spacial score (nSPS) is 31.4. The van der Waals surface area contributed by atoms with Crippen LogP contribution in [0.5, 0.6) is 0 Å². The molecule has 0 spiro atoms. The van der Waals surface area contributed by atoms with E-state index >= 15 is 0 Å². The Hall–Kier alpha value is -2.24. The van der Waals surface area contributed by atoms with Crippen LogP contribution < -0.4 is 0 Å². The highest BCUT2D eigenvalue weighted by Gasteiger charge is 2.46. The zero-order valence-corrected chi connectivity index (χ0v) is 10.8. The lowest BCUT2D eigenvalue weighted by atomic mass is 9.83. The third-order valence-electron chi connectivity index (χ3n) is 4.23. The lowest BCUT2D eigenvalue weighted by molar-refractivity contribution is 0.154. The Morgan fingerprint density at radius 1 is 1.15 bits per heavy atom. The van der Waals surface area contributed by atoms with E-state index in [4.69, 9.17) is 5.11 Å². The summed E-state index contributed by atoms with van der Waals surface area (Å²) in [4.78, 5) is 25.0. The van der Waals surface area contributed by atoms with Crippen LogP contribution in [0.1, 0.15) is 19.3 Å². The van der Waals surface area contributed by atoms with Crippen LogP contribution in [0, 0.1) is 11.8 Å². The highest BCUT2D eigenvalue weighted by molar-refractivity contribution is 5.71. The van der Waals surface area contributed by atoms with Gasteiger partial charge in [-0.15, -0.1) is 0 Å². The van der Waals surface area contributed by atoms with Crippen molar-refractivity contribution >= 4 is 12.2 Å². The average molecular weight is 276 g/mol. The van der Waals surface area contributed by atoms with E-state index in [2.05, 4.69) is 0 Å². The lowest BCUT2D eigenvalue weighted by Crippen LogP contribution is -2.34. The number of hydrogen-bond acceptors (Lipinski definition) is 2. The van der Waals surface area contributed by atoms with E-state index in [0.717, 1.165) is 29.9 Å². The molecule has 2 N–H and O–H groups in total. The first-order valence-corrected chi connectivity index (χ1v) is 6.69. The van der Waals surface area contributed by atoms with Gasteiger partial charge in [0.15, 0.2) is 0 Å². The molecule has 3 rings (SSSR count). The molecule has 1 fully saturated rings. The standard InChI is InChI=1S/C14H16N2O4/c17-13(18)15-7-5-10-9-3-1-2-4-11(9)16(14(19)20)12(10)6-8-15/h4-10,12H,1-3H2,(H,17,18)(H,19,20). The van der Waals surface area contributed by atoms with Crippen LogP contribution in [0.4, 0.5) is 9.59 Å². The molecule has 3 aliphatic rings. The molecule has 6 heteroatoms. The molecule has 2 aliphatic heterocycles. The van der Waals surface area contributed by atoms with Crippen molar-refractivity contribution in [1.82, 2.24) is 9.80 Å². The summed E-state index contributed by atoms with van der Waals surface area (Å²) in [6, 6.07) is -0.317. The molecule has 0 saturated carbocycles. The Bertz CT molecular complexity index is 537. The second-order valence-corrected chi connectivity index (χ2v) is 5.26. The van der Waals surface area contributed by atoms with E-state index in [-0.39, 0.29) is 17.9 Å². The maximum Gasteiger partial charge on any atom is 0.415 e. The fourth-order valence-corrected chi connectivity index (χ4v) is 3.39. The number of amides is 2. The van der Waals surface area contributed by atoms with Crippen molar-refractivity contribution in [1.29, 1.82) is 0 Å². The van der Waals surface area contributed by atoms with Crippen molar-refractivity contribution in [3.8, 4) is 0 Å². The van der Waals surface area contributed by atoms with Crippen molar-refractivity contribution in [2.24, 2.45) is 11.8 Å². The summed E-state index contributed by atoms with van der Waals surface area (Å²) in [6.45, 7) is 0. The number of nitrogens with zero attached hydrogens (tertiary/aromatic N) is 2. The SMILES string of the molecule is O=C(O)N1C=CC2C3CCCC=C3N(C(=O)O)C2C=C1. The third-order valence-corrected chi connectivity index (χ3v) is 4.23. The van der Waals surface area contributed by atoms with Gasteiger partial charge in [0.25, 0.3) is 0 Å². The summed E-state index contributed by atoms with van der Waals surface area (Å²) >= 11 is 0. The zero-order valence-electron chi connectivity index (χ0n) is 10.8. The van der Waals surface area contributed by atoms with Gasteiger partial charge in [0.1, 0.15) is 0 Å². The number of allylic oxidation sites excluding steroid dienone is 2. The molecule has 2 heterocycles. The summed E-state index contributed by atoms with van der Waals surface area (Å²) < 4.78 is 0. The first-order chi connectivity index (χ1) is 9.59. The molecule has 1 aliphatic carbocycles. The molecule has 2 amide bonds. The predicted octanol–water partition coefficient (Wildman–Crippen LogP) is 2.67. The van der Waals surface area contributed by atoms with Gasteiger partial charge in [-0.25, -0.2) is 9.59 Å². The minimum absolute atomic E-state index is 0.0123. The number of carbonyl (C=O) groups is 2. The quantitative estimate of drug-likeness (QED) is 0.712. The maximum atomic E-state index is 11.5. The van der Waals surface area contributed by atoms with E-state index < -0.39 is 12.2 Å². The molecule has 1 saturated heterocycles. The minimum atomic E-state index is -1.07.